The molecule has 15 heavy (non-hydrogen) atoms. The normalized spacial score (nSPS) is 11.8. The van der Waals surface area contributed by atoms with E-state index in [0.29, 0.717) is 13.0 Å². The van der Waals surface area contributed by atoms with Gasteiger partial charge in [-0.05, 0) is 24.6 Å². The molecule has 0 aliphatic heterocycles. The van der Waals surface area contributed by atoms with E-state index in [1.54, 1.807) is 7.11 Å². The second-order valence-corrected chi connectivity index (χ2v) is 3.33. The number of methoxy groups -OCH3 is 1. The summed E-state index contributed by atoms with van der Waals surface area (Å²) in [5, 5.41) is 8.46. The van der Waals surface area contributed by atoms with Crippen molar-refractivity contribution in [1.82, 2.24) is 0 Å². The Balaban J connectivity index is 2.41. The third-order valence-corrected chi connectivity index (χ3v) is 2.07. The number of hydrogen-bond acceptors (Lipinski definition) is 3. The Morgan fingerprint density at radius 3 is 2.53 bits per heavy atom. The molecule has 1 atom stereocenters. The van der Waals surface area contributed by atoms with Crippen LogP contribution in [0, 0.1) is 11.3 Å². The lowest BCUT2D eigenvalue weighted by Gasteiger charge is -2.09. The van der Waals surface area contributed by atoms with Gasteiger partial charge in [-0.2, -0.15) is 5.26 Å². The summed E-state index contributed by atoms with van der Waals surface area (Å²) in [5.74, 6) is 0.837. The van der Waals surface area contributed by atoms with Crippen molar-refractivity contribution in [3.63, 3.8) is 0 Å². The lowest BCUT2D eigenvalue weighted by molar-refractivity contribution is 0.0563. The number of hydrogen-bond donors (Lipinski definition) is 0. The van der Waals surface area contributed by atoms with Crippen LogP contribution in [0.5, 0.6) is 5.75 Å². The summed E-state index contributed by atoms with van der Waals surface area (Å²) in [6.45, 7) is 2.43. The summed E-state index contributed by atoms with van der Waals surface area (Å²) >= 11 is 0. The lowest BCUT2D eigenvalue weighted by atomic mass is 10.2. The van der Waals surface area contributed by atoms with Crippen molar-refractivity contribution in [2.75, 3.05) is 7.11 Å². The Labute approximate surface area is 90.2 Å². The Bertz CT molecular complexity index is 326. The van der Waals surface area contributed by atoms with Gasteiger partial charge in [-0.15, -0.1) is 0 Å². The molecule has 0 heterocycles. The van der Waals surface area contributed by atoms with E-state index in [2.05, 4.69) is 6.07 Å². The van der Waals surface area contributed by atoms with Gasteiger partial charge in [0.1, 0.15) is 5.75 Å². The van der Waals surface area contributed by atoms with E-state index in [-0.39, 0.29) is 6.10 Å². The topological polar surface area (TPSA) is 42.2 Å². The number of nitrogens with zero attached hydrogens (tertiary/aromatic N) is 1. The summed E-state index contributed by atoms with van der Waals surface area (Å²) < 4.78 is 10.5. The molecule has 0 bridgehead atoms. The highest BCUT2D eigenvalue weighted by Gasteiger charge is 2.01. The molecule has 1 aromatic rings. The zero-order chi connectivity index (χ0) is 11.1. The smallest absolute Gasteiger partial charge is 0.118 e. The summed E-state index contributed by atoms with van der Waals surface area (Å²) in [4.78, 5) is 0. The van der Waals surface area contributed by atoms with Crippen LogP contribution >= 0.6 is 0 Å². The molecule has 80 valence electrons. The molecular formula is C12H15NO2. The van der Waals surface area contributed by atoms with Crippen molar-refractivity contribution in [3.8, 4) is 11.8 Å². The molecular weight excluding hydrogens is 190 g/mol. The fraction of sp³-hybridized carbons (Fsp3) is 0.417. The van der Waals surface area contributed by atoms with Crippen LogP contribution < -0.4 is 4.74 Å². The van der Waals surface area contributed by atoms with E-state index < -0.39 is 0 Å². The van der Waals surface area contributed by atoms with Crippen molar-refractivity contribution in [2.24, 2.45) is 0 Å². The average Bonchev–Trinajstić information content (AvgIpc) is 2.27. The number of nitriles is 1. The van der Waals surface area contributed by atoms with Crippen molar-refractivity contribution >= 4 is 0 Å². The third-order valence-electron chi connectivity index (χ3n) is 2.07. The molecule has 1 unspecified atom stereocenters. The van der Waals surface area contributed by atoms with E-state index in [4.69, 9.17) is 14.7 Å². The van der Waals surface area contributed by atoms with Crippen molar-refractivity contribution in [2.45, 2.75) is 26.1 Å². The largest absolute Gasteiger partial charge is 0.497 e. The Morgan fingerprint density at radius 1 is 1.33 bits per heavy atom. The van der Waals surface area contributed by atoms with Crippen LogP contribution in [0.2, 0.25) is 0 Å². The first-order valence-electron chi connectivity index (χ1n) is 4.87. The molecule has 0 aliphatic rings. The van der Waals surface area contributed by atoms with Crippen LogP contribution in [-0.2, 0) is 11.3 Å². The molecule has 0 aliphatic carbocycles. The average molecular weight is 205 g/mol. The molecule has 3 heteroatoms. The molecule has 0 aromatic heterocycles. The van der Waals surface area contributed by atoms with E-state index in [1.165, 1.54) is 0 Å². The zero-order valence-corrected chi connectivity index (χ0v) is 9.06. The summed E-state index contributed by atoms with van der Waals surface area (Å²) in [6, 6.07) is 9.78. The molecule has 0 saturated carbocycles. The second kappa shape index (κ2) is 6.05. The second-order valence-electron chi connectivity index (χ2n) is 3.33. The SMILES string of the molecule is COc1ccc(COC(C)CC#N)cc1. The van der Waals surface area contributed by atoms with Gasteiger partial charge in [0.05, 0.1) is 32.3 Å². The maximum Gasteiger partial charge on any atom is 0.118 e. The molecule has 0 N–H and O–H groups in total. The maximum atomic E-state index is 8.46. The minimum atomic E-state index is -0.0166. The Morgan fingerprint density at radius 2 is 2.00 bits per heavy atom. The van der Waals surface area contributed by atoms with Gasteiger partial charge < -0.3 is 9.47 Å². The summed E-state index contributed by atoms with van der Waals surface area (Å²) in [5.41, 5.74) is 1.08. The van der Waals surface area contributed by atoms with Gasteiger partial charge in [-0.1, -0.05) is 12.1 Å². The number of ether oxygens (including phenoxy) is 2. The Hall–Kier alpha value is -1.53. The van der Waals surface area contributed by atoms with Gasteiger partial charge in [0, 0.05) is 0 Å². The highest BCUT2D eigenvalue weighted by Crippen LogP contribution is 2.12. The predicted molar refractivity (Wildman–Crippen MR) is 57.5 cm³/mol. The Kier molecular flexibility index (Phi) is 4.65. The van der Waals surface area contributed by atoms with E-state index in [1.807, 2.05) is 31.2 Å². The van der Waals surface area contributed by atoms with Crippen molar-refractivity contribution < 1.29 is 9.47 Å². The molecule has 0 fully saturated rings. The van der Waals surface area contributed by atoms with Crippen LogP contribution in [0.4, 0.5) is 0 Å². The number of benzene rings is 1. The molecule has 1 rings (SSSR count). The molecule has 0 radical (unpaired) electrons. The van der Waals surface area contributed by atoms with Gasteiger partial charge in [-0.3, -0.25) is 0 Å². The van der Waals surface area contributed by atoms with Gasteiger partial charge >= 0.3 is 0 Å². The quantitative estimate of drug-likeness (QED) is 0.741. The van der Waals surface area contributed by atoms with E-state index in [9.17, 15) is 0 Å². The lowest BCUT2D eigenvalue weighted by Crippen LogP contribution is -2.06. The highest BCUT2D eigenvalue weighted by molar-refractivity contribution is 5.26. The molecule has 1 aromatic carbocycles. The maximum absolute atomic E-state index is 8.46. The van der Waals surface area contributed by atoms with Gasteiger partial charge in [0.15, 0.2) is 0 Å². The van der Waals surface area contributed by atoms with Crippen LogP contribution in [0.1, 0.15) is 18.9 Å². The minimum Gasteiger partial charge on any atom is -0.497 e. The molecule has 3 nitrogen and oxygen atoms in total. The molecule has 0 saturated heterocycles. The fourth-order valence-corrected chi connectivity index (χ4v) is 1.15. The molecule has 0 spiro atoms. The number of rotatable bonds is 5. The van der Waals surface area contributed by atoms with Crippen LogP contribution in [0.15, 0.2) is 24.3 Å². The minimum absolute atomic E-state index is 0.0166. The van der Waals surface area contributed by atoms with E-state index >= 15 is 0 Å². The molecule has 0 amide bonds. The first-order valence-corrected chi connectivity index (χ1v) is 4.87. The summed E-state index contributed by atoms with van der Waals surface area (Å²) in [7, 11) is 1.64. The predicted octanol–water partition coefficient (Wildman–Crippen LogP) is 2.51. The van der Waals surface area contributed by atoms with Crippen molar-refractivity contribution in [1.29, 1.82) is 5.26 Å². The first kappa shape index (κ1) is 11.5. The fourth-order valence-electron chi connectivity index (χ4n) is 1.15. The van der Waals surface area contributed by atoms with Gasteiger partial charge in [0.2, 0.25) is 0 Å². The summed E-state index contributed by atoms with van der Waals surface area (Å²) in [6.07, 6.45) is 0.410. The standard InChI is InChI=1S/C12H15NO2/c1-10(7-8-13)15-9-11-3-5-12(14-2)6-4-11/h3-6,10H,7,9H2,1-2H3. The van der Waals surface area contributed by atoms with E-state index in [0.717, 1.165) is 11.3 Å². The van der Waals surface area contributed by atoms with Crippen LogP contribution in [0.25, 0.3) is 0 Å². The van der Waals surface area contributed by atoms with Crippen LogP contribution in [0.3, 0.4) is 0 Å². The zero-order valence-electron chi connectivity index (χ0n) is 9.06. The highest BCUT2D eigenvalue weighted by atomic mass is 16.5. The first-order chi connectivity index (χ1) is 7.26. The monoisotopic (exact) mass is 205 g/mol. The van der Waals surface area contributed by atoms with Gasteiger partial charge in [-0.25, -0.2) is 0 Å². The van der Waals surface area contributed by atoms with Crippen molar-refractivity contribution in [3.05, 3.63) is 29.8 Å². The van der Waals surface area contributed by atoms with Gasteiger partial charge in [0.25, 0.3) is 0 Å². The van der Waals surface area contributed by atoms with Crippen LogP contribution in [-0.4, -0.2) is 13.2 Å². The third kappa shape index (κ3) is 4.01.